The van der Waals surface area contributed by atoms with Gasteiger partial charge < -0.3 is 72.6 Å². The summed E-state index contributed by atoms with van der Waals surface area (Å²) in [6, 6.07) is 0.642. The summed E-state index contributed by atoms with van der Waals surface area (Å²) < 4.78 is 67.6. The highest BCUT2D eigenvalue weighted by Gasteiger charge is 2.39. The number of cyclic esters (lactones) is 2. The fourth-order valence-corrected chi connectivity index (χ4v) is 6.70. The average Bonchev–Trinajstić information content (AvgIpc) is 3.39. The Morgan fingerprint density at radius 3 is 1.48 bits per heavy atom. The molecule has 0 aliphatic carbocycles. The smallest absolute Gasteiger partial charge is 0.331 e. The number of rotatable bonds is 21. The van der Waals surface area contributed by atoms with E-state index in [1.807, 2.05) is 55.4 Å². The Kier molecular flexibility index (Phi) is 25.7. The molecular formula is C49H76N4O18. The number of methoxy groups -OCH3 is 2. The fraction of sp³-hybridized carbons (Fsp3) is 0.694. The number of nitrogens with one attached hydrogen (secondary N) is 2. The van der Waals surface area contributed by atoms with Crippen molar-refractivity contribution < 1.29 is 85.9 Å². The molecule has 0 aromatic carbocycles. The number of carbonyl (C=O) groups excluding carboxylic acids is 5. The van der Waals surface area contributed by atoms with E-state index >= 15 is 0 Å². The molecule has 0 bridgehead atoms. The first-order chi connectivity index (χ1) is 33.7. The molecule has 8 atom stereocenters. The van der Waals surface area contributed by atoms with Gasteiger partial charge in [-0.3, -0.25) is 14.4 Å². The zero-order valence-corrected chi connectivity index (χ0v) is 43.4. The topological polar surface area (TPSA) is 266 Å². The molecule has 2 saturated heterocycles. The number of hydrogen-bond donors (Lipinski definition) is 3. The van der Waals surface area contributed by atoms with Crippen molar-refractivity contribution in [2.45, 2.75) is 125 Å². The molecule has 2 aliphatic heterocycles. The van der Waals surface area contributed by atoms with Crippen LogP contribution in [-0.2, 0) is 57.0 Å². The Balaban J connectivity index is 0.000000379. The van der Waals surface area contributed by atoms with Crippen LogP contribution in [0, 0.1) is 23.7 Å². The van der Waals surface area contributed by atoms with Crippen molar-refractivity contribution >= 4 is 29.7 Å². The van der Waals surface area contributed by atoms with Gasteiger partial charge in [-0.1, -0.05) is 55.4 Å². The summed E-state index contributed by atoms with van der Waals surface area (Å²) in [5.41, 5.74) is -0.445. The highest BCUT2D eigenvalue weighted by atomic mass is 16.7. The van der Waals surface area contributed by atoms with Gasteiger partial charge in [-0.25, -0.2) is 19.6 Å². The minimum Gasteiger partial charge on any atom is -0.503 e. The maximum Gasteiger partial charge on any atom is 0.331 e. The molecular weight excluding hydrogens is 933 g/mol. The van der Waals surface area contributed by atoms with Crippen LogP contribution in [-0.4, -0.2) is 167 Å². The number of amides is 2. The van der Waals surface area contributed by atoms with Crippen molar-refractivity contribution in [2.24, 2.45) is 23.7 Å². The van der Waals surface area contributed by atoms with E-state index in [1.54, 1.807) is 13.8 Å². The number of hydrogen-bond acceptors (Lipinski definition) is 20. The highest BCUT2D eigenvalue weighted by Crippen LogP contribution is 2.30. The first kappa shape index (κ1) is 59.9. The molecule has 22 nitrogen and oxygen atoms in total. The van der Waals surface area contributed by atoms with Crippen LogP contribution in [0.1, 0.15) is 97.1 Å². The molecule has 2 aromatic rings. The maximum atomic E-state index is 13.2. The molecule has 2 aromatic heterocycles. The van der Waals surface area contributed by atoms with Gasteiger partial charge in [-0.05, 0) is 37.5 Å². The van der Waals surface area contributed by atoms with Gasteiger partial charge in [0.25, 0.3) is 11.8 Å². The third-order valence-corrected chi connectivity index (χ3v) is 10.2. The number of carbonyl (C=O) groups is 5. The molecule has 4 rings (SSSR count). The molecule has 4 heterocycles. The SMILES string of the molecule is COc1ccnc(C(=O)N[C@H]2COC[C@H](OCC(C)C)[C@@H](OCC(C)C)[C@H](C)OC2=O)c1O.COc1ccnc(C(=O)N[C@H]2COC[C@H](OCC(C)C)[C@@H](OCC(C)C)[C@H](C)OC2=O)c1OCOC(C)=O. The van der Waals surface area contributed by atoms with Crippen LogP contribution in [0.3, 0.4) is 0 Å². The molecule has 2 aliphatic rings. The number of ether oxygens (including phenoxy) is 12. The van der Waals surface area contributed by atoms with Crippen molar-refractivity contribution in [3.8, 4) is 23.0 Å². The lowest BCUT2D eigenvalue weighted by Gasteiger charge is -2.31. The fourth-order valence-electron chi connectivity index (χ4n) is 6.70. The monoisotopic (exact) mass is 1010 g/mol. The molecule has 0 spiro atoms. The molecule has 400 valence electrons. The Morgan fingerprint density at radius 2 is 1.06 bits per heavy atom. The summed E-state index contributed by atoms with van der Waals surface area (Å²) >= 11 is 0. The molecule has 71 heavy (non-hydrogen) atoms. The average molecular weight is 1010 g/mol. The van der Waals surface area contributed by atoms with Gasteiger partial charge >= 0.3 is 17.9 Å². The molecule has 0 unspecified atom stereocenters. The Morgan fingerprint density at radius 1 is 0.648 bits per heavy atom. The molecule has 2 fully saturated rings. The normalized spacial score (nSPS) is 23.1. The third-order valence-electron chi connectivity index (χ3n) is 10.2. The van der Waals surface area contributed by atoms with Crippen molar-refractivity contribution in [3.05, 3.63) is 35.9 Å². The van der Waals surface area contributed by atoms with E-state index in [0.717, 1.165) is 0 Å². The van der Waals surface area contributed by atoms with Crippen LogP contribution in [0.15, 0.2) is 24.5 Å². The standard InChI is InChI=1S/C26H40N2O10.C23H36N2O8/c1-15(2)10-34-21-13-33-12-19(26(31)38-17(5)23(21)35-11-16(3)4)28-25(30)22-24(37-14-36-18(6)29)20(32-7)8-9-27-22;1-13(2)9-31-18-12-30-11-16(23(28)33-15(5)21(18)32-10-14(3)4)25-22(27)19-20(26)17(29-6)7-8-24-19/h8-9,15-17,19,21,23H,10-14H2,1-7H3,(H,28,30);7-8,13-16,18,21,26H,9-12H2,1-6H3,(H,25,27)/t17-,19-,21-,23-;15-,16-,18-,21-/m00/s1. The largest absolute Gasteiger partial charge is 0.503 e. The van der Waals surface area contributed by atoms with Gasteiger partial charge in [0.05, 0.1) is 40.6 Å². The number of nitrogens with zero attached hydrogens (tertiary/aromatic N) is 2. The Bertz CT molecular complexity index is 1990. The lowest BCUT2D eigenvalue weighted by atomic mass is 10.1. The van der Waals surface area contributed by atoms with E-state index < -0.39 is 91.0 Å². The predicted octanol–water partition coefficient (Wildman–Crippen LogP) is 4.07. The first-order valence-corrected chi connectivity index (χ1v) is 23.8. The van der Waals surface area contributed by atoms with E-state index in [0.29, 0.717) is 32.3 Å². The molecule has 22 heteroatoms. The van der Waals surface area contributed by atoms with Gasteiger partial charge in [-0.2, -0.15) is 0 Å². The van der Waals surface area contributed by atoms with Crippen LogP contribution in [0.5, 0.6) is 23.0 Å². The highest BCUT2D eigenvalue weighted by molar-refractivity contribution is 5.98. The third kappa shape index (κ3) is 20.0. The number of aromatic nitrogens is 2. The lowest BCUT2D eigenvalue weighted by molar-refractivity contribution is -0.170. The summed E-state index contributed by atoms with van der Waals surface area (Å²) in [7, 11) is 2.74. The van der Waals surface area contributed by atoms with E-state index in [1.165, 1.54) is 45.7 Å². The summed E-state index contributed by atoms with van der Waals surface area (Å²) in [6.45, 7) is 22.3. The zero-order chi connectivity index (χ0) is 52.8. The minimum absolute atomic E-state index is 0.0521. The number of pyridine rings is 2. The minimum atomic E-state index is -1.14. The molecule has 0 radical (unpaired) electrons. The van der Waals surface area contributed by atoms with Gasteiger partial charge in [-0.15, -0.1) is 0 Å². The van der Waals surface area contributed by atoms with Gasteiger partial charge in [0, 0.05) is 57.9 Å². The van der Waals surface area contributed by atoms with E-state index in [-0.39, 0.29) is 72.8 Å². The molecule has 3 N–H and O–H groups in total. The second-order valence-electron chi connectivity index (χ2n) is 18.6. The van der Waals surface area contributed by atoms with Crippen LogP contribution < -0.4 is 24.8 Å². The van der Waals surface area contributed by atoms with Gasteiger partial charge in [0.15, 0.2) is 46.5 Å². The maximum absolute atomic E-state index is 13.2. The molecule has 0 saturated carbocycles. The van der Waals surface area contributed by atoms with Crippen LogP contribution >= 0.6 is 0 Å². The van der Waals surface area contributed by atoms with Crippen molar-refractivity contribution in [3.63, 3.8) is 0 Å². The first-order valence-electron chi connectivity index (χ1n) is 23.8. The van der Waals surface area contributed by atoms with Gasteiger partial charge in [0.1, 0.15) is 36.6 Å². The van der Waals surface area contributed by atoms with Gasteiger partial charge in [0.2, 0.25) is 6.79 Å². The van der Waals surface area contributed by atoms with E-state index in [2.05, 4.69) is 20.6 Å². The van der Waals surface area contributed by atoms with Crippen molar-refractivity contribution in [1.29, 1.82) is 0 Å². The quantitative estimate of drug-likeness (QED) is 0.0904. The summed E-state index contributed by atoms with van der Waals surface area (Å²) in [5.74, 6) is -2.51. The Labute approximate surface area is 416 Å². The zero-order valence-electron chi connectivity index (χ0n) is 43.4. The van der Waals surface area contributed by atoms with Crippen LogP contribution in [0.2, 0.25) is 0 Å². The number of esters is 3. The molecule has 2 amide bonds. The van der Waals surface area contributed by atoms with Crippen LogP contribution in [0.4, 0.5) is 0 Å². The summed E-state index contributed by atoms with van der Waals surface area (Å²) in [4.78, 5) is 70.8. The predicted molar refractivity (Wildman–Crippen MR) is 254 cm³/mol. The number of aromatic hydroxyl groups is 1. The summed E-state index contributed by atoms with van der Waals surface area (Å²) in [5, 5.41) is 15.3. The van der Waals surface area contributed by atoms with E-state index in [9.17, 15) is 29.1 Å². The Hall–Kier alpha value is -5.39. The second-order valence-corrected chi connectivity index (χ2v) is 18.6. The lowest BCUT2D eigenvalue weighted by Crippen LogP contribution is -2.47. The van der Waals surface area contributed by atoms with Crippen molar-refractivity contribution in [1.82, 2.24) is 20.6 Å². The summed E-state index contributed by atoms with van der Waals surface area (Å²) in [6.07, 6.45) is -0.664. The van der Waals surface area contributed by atoms with E-state index in [4.69, 9.17) is 56.8 Å². The van der Waals surface area contributed by atoms with Crippen LogP contribution in [0.25, 0.3) is 0 Å². The van der Waals surface area contributed by atoms with Crippen molar-refractivity contribution in [2.75, 3.05) is 73.9 Å². The second kappa shape index (κ2) is 30.5.